The number of aromatic carboxylic acids is 1. The molecule has 0 atom stereocenters. The Hall–Kier alpha value is -4.87. The van der Waals surface area contributed by atoms with Gasteiger partial charge in [0, 0.05) is 48.2 Å². The van der Waals surface area contributed by atoms with Crippen LogP contribution in [0.4, 0.5) is 14.7 Å². The summed E-state index contributed by atoms with van der Waals surface area (Å²) in [6, 6.07) is 18.8. The first-order valence-corrected chi connectivity index (χ1v) is 20.6. The van der Waals surface area contributed by atoms with Crippen molar-refractivity contribution in [2.75, 3.05) is 49.5 Å². The van der Waals surface area contributed by atoms with Crippen LogP contribution in [0.2, 0.25) is 0 Å². The number of piperidine rings is 1. The van der Waals surface area contributed by atoms with Crippen LogP contribution in [0.1, 0.15) is 82.4 Å². The van der Waals surface area contributed by atoms with E-state index in [-0.39, 0.29) is 24.0 Å². The monoisotopic (exact) mass is 782 g/mol. The summed E-state index contributed by atoms with van der Waals surface area (Å²) in [5, 5.41) is 17.6. The summed E-state index contributed by atoms with van der Waals surface area (Å²) in [5.74, 6) is 4.57. The van der Waals surface area contributed by atoms with Gasteiger partial charge in [0.25, 0.3) is 5.91 Å². The molecule has 0 spiro atoms. The number of hydrogen-bond acceptors (Lipinski definition) is 10. The standard InChI is InChI=1S/C40H41FN6O4S2.C2H6/c1-2-42-28-17-20-46(21-18-28)19-6-8-26-14-15-33(31(41)24-26)51-23-7-13-35-36(38(49)50)44-40(53-35)47-22-16-27-9-5-10-29(30(27)25-47)37(48)45-39-43-32-11-3-4-12-34(32)52-39;1-2/h3-5,9-12,14-15,24,28,42H,2,7,13,16-23,25H2,1H3,(H,49,50)(H,43,45,48);1-2H3. The van der Waals surface area contributed by atoms with Crippen LogP contribution >= 0.6 is 22.7 Å². The van der Waals surface area contributed by atoms with Crippen molar-refractivity contribution in [3.63, 3.8) is 0 Å². The van der Waals surface area contributed by atoms with Gasteiger partial charge in [0.1, 0.15) is 0 Å². The number of ether oxygens (including phenoxy) is 1. The molecule has 0 radical (unpaired) electrons. The summed E-state index contributed by atoms with van der Waals surface area (Å²) in [4.78, 5) is 39.7. The number of aromatic nitrogens is 2. The van der Waals surface area contributed by atoms with E-state index in [1.165, 1.54) is 28.7 Å². The van der Waals surface area contributed by atoms with Crippen molar-refractivity contribution in [1.82, 2.24) is 20.2 Å². The summed E-state index contributed by atoms with van der Waals surface area (Å²) in [6.07, 6.45) is 3.80. The van der Waals surface area contributed by atoms with Crippen molar-refractivity contribution in [2.24, 2.45) is 0 Å². The number of halogens is 1. The van der Waals surface area contributed by atoms with Gasteiger partial charge in [-0.3, -0.25) is 15.0 Å². The molecule has 4 heterocycles. The van der Waals surface area contributed by atoms with Gasteiger partial charge in [0.15, 0.2) is 27.5 Å². The molecule has 2 aliphatic heterocycles. The van der Waals surface area contributed by atoms with Gasteiger partial charge in [0.2, 0.25) is 0 Å². The Labute approximate surface area is 329 Å². The molecule has 3 N–H and O–H groups in total. The quantitative estimate of drug-likeness (QED) is 0.0859. The molecule has 1 fully saturated rings. The Balaban J connectivity index is 0.00000253. The second-order valence-electron chi connectivity index (χ2n) is 13.1. The lowest BCUT2D eigenvalue weighted by Gasteiger charge is -2.30. The molecule has 0 bridgehead atoms. The van der Waals surface area contributed by atoms with Crippen LogP contribution in [0, 0.1) is 17.7 Å². The topological polar surface area (TPSA) is 120 Å². The molecule has 1 saturated heterocycles. The highest BCUT2D eigenvalue weighted by Gasteiger charge is 2.27. The van der Waals surface area contributed by atoms with Gasteiger partial charge in [-0.15, -0.1) is 11.3 Å². The van der Waals surface area contributed by atoms with Gasteiger partial charge in [0.05, 0.1) is 23.4 Å². The van der Waals surface area contributed by atoms with E-state index in [2.05, 4.69) is 44.3 Å². The van der Waals surface area contributed by atoms with E-state index in [9.17, 15) is 19.1 Å². The number of carbonyl (C=O) groups is 2. The summed E-state index contributed by atoms with van der Waals surface area (Å²) in [5.41, 5.74) is 3.96. The third kappa shape index (κ3) is 10.1. The van der Waals surface area contributed by atoms with Gasteiger partial charge in [-0.05, 0) is 86.2 Å². The molecule has 2 aromatic heterocycles. The number of thiazole rings is 2. The predicted octanol–water partition coefficient (Wildman–Crippen LogP) is 7.87. The van der Waals surface area contributed by atoms with Crippen molar-refractivity contribution in [3.8, 4) is 17.6 Å². The zero-order chi connectivity index (χ0) is 38.7. The van der Waals surface area contributed by atoms with E-state index in [0.29, 0.717) is 71.2 Å². The number of aryl methyl sites for hydroxylation is 1. The highest BCUT2D eigenvalue weighted by molar-refractivity contribution is 7.22. The number of para-hydroxylation sites is 1. The summed E-state index contributed by atoms with van der Waals surface area (Å²) < 4.78 is 21.6. The number of nitrogens with zero attached hydrogens (tertiary/aromatic N) is 4. The fraction of sp³-hybridized carbons (Fsp3) is 0.381. The minimum atomic E-state index is -1.10. The lowest BCUT2D eigenvalue weighted by molar-refractivity contribution is 0.0690. The third-order valence-corrected chi connectivity index (χ3v) is 11.7. The number of carboxylic acids is 1. The zero-order valence-corrected chi connectivity index (χ0v) is 33.1. The molecule has 10 nitrogen and oxygen atoms in total. The Morgan fingerprint density at radius 1 is 1.04 bits per heavy atom. The molecule has 1 amide bonds. The van der Waals surface area contributed by atoms with Crippen LogP contribution in [-0.4, -0.2) is 77.2 Å². The molecular weight excluding hydrogens is 736 g/mol. The zero-order valence-electron chi connectivity index (χ0n) is 31.5. The normalized spacial score (nSPS) is 14.4. The molecule has 3 aromatic carbocycles. The molecule has 2 aliphatic rings. The Bertz CT molecular complexity index is 2130. The van der Waals surface area contributed by atoms with E-state index in [1.807, 2.05) is 61.2 Å². The second kappa shape index (κ2) is 19.1. The Morgan fingerprint density at radius 2 is 1.85 bits per heavy atom. The van der Waals surface area contributed by atoms with Crippen molar-refractivity contribution < 1.29 is 23.8 Å². The number of hydrogen-bond donors (Lipinski definition) is 3. The van der Waals surface area contributed by atoms with Gasteiger partial charge in [-0.25, -0.2) is 19.2 Å². The molecule has 0 saturated carbocycles. The molecule has 288 valence electrons. The van der Waals surface area contributed by atoms with Crippen molar-refractivity contribution in [3.05, 3.63) is 99.3 Å². The number of benzene rings is 3. The first-order chi connectivity index (χ1) is 26.8. The van der Waals surface area contributed by atoms with Crippen LogP contribution < -0.4 is 20.3 Å². The maximum atomic E-state index is 14.9. The van der Waals surface area contributed by atoms with E-state index < -0.39 is 11.8 Å². The van der Waals surface area contributed by atoms with Gasteiger partial charge < -0.3 is 20.1 Å². The fourth-order valence-corrected chi connectivity index (χ4v) is 8.79. The SMILES string of the molecule is CC.CCNC1CCN(CC#Cc2ccc(OCCCc3sc(N4CCc5cccc(C(=O)Nc6nc7ccccc7s6)c5C4)nc3C(=O)O)c(F)c2)CC1. The lowest BCUT2D eigenvalue weighted by Crippen LogP contribution is -2.42. The molecule has 0 aliphatic carbocycles. The number of fused-ring (bicyclic) bond motifs is 2. The number of amides is 1. The Morgan fingerprint density at radius 3 is 2.62 bits per heavy atom. The largest absolute Gasteiger partial charge is 0.491 e. The van der Waals surface area contributed by atoms with Crippen LogP contribution in [0.15, 0.2) is 60.7 Å². The average Bonchev–Trinajstić information content (AvgIpc) is 3.82. The summed E-state index contributed by atoms with van der Waals surface area (Å²) in [7, 11) is 0. The molecule has 5 aromatic rings. The van der Waals surface area contributed by atoms with Crippen LogP contribution in [0.5, 0.6) is 5.75 Å². The molecular formula is C42H47FN6O4S2. The third-order valence-electron chi connectivity index (χ3n) is 9.54. The first kappa shape index (κ1) is 39.8. The second-order valence-corrected chi connectivity index (χ2v) is 15.2. The number of anilines is 2. The van der Waals surface area contributed by atoms with Crippen LogP contribution in [-0.2, 0) is 19.4 Å². The minimum absolute atomic E-state index is 0.00812. The molecule has 55 heavy (non-hydrogen) atoms. The predicted molar refractivity (Wildman–Crippen MR) is 219 cm³/mol. The van der Waals surface area contributed by atoms with Crippen molar-refractivity contribution in [1.29, 1.82) is 0 Å². The first-order valence-electron chi connectivity index (χ1n) is 19.0. The van der Waals surface area contributed by atoms with Gasteiger partial charge in [-0.1, -0.05) is 68.2 Å². The van der Waals surface area contributed by atoms with Crippen LogP contribution in [0.25, 0.3) is 10.2 Å². The summed E-state index contributed by atoms with van der Waals surface area (Å²) in [6.45, 7) is 11.1. The maximum absolute atomic E-state index is 14.9. The summed E-state index contributed by atoms with van der Waals surface area (Å²) >= 11 is 2.76. The van der Waals surface area contributed by atoms with Crippen molar-refractivity contribution in [2.45, 2.75) is 65.5 Å². The highest BCUT2D eigenvalue weighted by atomic mass is 32.1. The minimum Gasteiger partial charge on any atom is -0.491 e. The number of nitrogens with one attached hydrogen (secondary N) is 2. The number of rotatable bonds is 12. The van der Waals surface area contributed by atoms with Gasteiger partial charge in [-0.2, -0.15) is 0 Å². The van der Waals surface area contributed by atoms with E-state index in [1.54, 1.807) is 12.1 Å². The van der Waals surface area contributed by atoms with E-state index in [4.69, 9.17) is 4.74 Å². The van der Waals surface area contributed by atoms with Crippen molar-refractivity contribution >= 4 is 55.0 Å². The molecule has 0 unspecified atom stereocenters. The molecule has 7 rings (SSSR count). The smallest absolute Gasteiger partial charge is 0.355 e. The number of carbonyl (C=O) groups excluding carboxylic acids is 1. The Kier molecular flexibility index (Phi) is 13.8. The molecule has 13 heteroatoms. The number of carboxylic acid groups (broad SMARTS) is 1. The van der Waals surface area contributed by atoms with E-state index in [0.717, 1.165) is 53.8 Å². The fourth-order valence-electron chi connectivity index (χ4n) is 6.81. The van der Waals surface area contributed by atoms with Gasteiger partial charge >= 0.3 is 5.97 Å². The lowest BCUT2D eigenvalue weighted by atomic mass is 9.94. The van der Waals surface area contributed by atoms with Crippen LogP contribution in [0.3, 0.4) is 0 Å². The van der Waals surface area contributed by atoms with E-state index >= 15 is 0 Å². The average molecular weight is 783 g/mol. The number of likely N-dealkylation sites (tertiary alicyclic amines) is 1. The maximum Gasteiger partial charge on any atom is 0.355 e. The highest BCUT2D eigenvalue weighted by Crippen LogP contribution is 2.33.